The first kappa shape index (κ1) is 15.8. The molecule has 0 bridgehead atoms. The quantitative estimate of drug-likeness (QED) is 0.765. The number of halogens is 3. The molecule has 0 aliphatic rings. The molecule has 0 rings (SSSR count). The largest absolute Gasteiger partial charge is 0.393 e. The Bertz CT molecular complexity index is 193. The van der Waals surface area contributed by atoms with E-state index in [2.05, 4.69) is 20.8 Å². The predicted octanol–water partition coefficient (Wildman–Crippen LogP) is 4.15. The first-order valence-electron chi connectivity index (χ1n) is 5.77. The molecular weight excluding hydrogens is 217 g/mol. The molecule has 0 aliphatic carbocycles. The molecule has 0 aliphatic heterocycles. The van der Waals surface area contributed by atoms with Gasteiger partial charge in [-0.05, 0) is 30.6 Å². The zero-order valence-corrected chi connectivity index (χ0v) is 10.6. The highest BCUT2D eigenvalue weighted by Crippen LogP contribution is 2.30. The number of hydrogen-bond acceptors (Lipinski definition) is 1. The maximum Gasteiger partial charge on any atom is 0.389 e. The Balaban J connectivity index is 3.79. The SMILES string of the molecule is CC(CC(O)CCCC(F)(F)F)C(C)(C)C. The van der Waals surface area contributed by atoms with Crippen LogP contribution >= 0.6 is 0 Å². The van der Waals surface area contributed by atoms with E-state index < -0.39 is 18.7 Å². The second kappa shape index (κ2) is 5.89. The van der Waals surface area contributed by atoms with Crippen LogP contribution in [-0.4, -0.2) is 17.4 Å². The van der Waals surface area contributed by atoms with Gasteiger partial charge in [-0.15, -0.1) is 0 Å². The number of alkyl halides is 3. The lowest BCUT2D eigenvalue weighted by Gasteiger charge is -2.29. The average molecular weight is 240 g/mol. The Morgan fingerprint density at radius 1 is 1.12 bits per heavy atom. The molecule has 0 saturated heterocycles. The van der Waals surface area contributed by atoms with Crippen LogP contribution in [0.1, 0.15) is 53.4 Å². The van der Waals surface area contributed by atoms with Gasteiger partial charge in [0, 0.05) is 6.42 Å². The van der Waals surface area contributed by atoms with Crippen LogP contribution in [0.5, 0.6) is 0 Å². The molecule has 0 spiro atoms. The van der Waals surface area contributed by atoms with Crippen molar-refractivity contribution in [1.82, 2.24) is 0 Å². The molecule has 0 radical (unpaired) electrons. The maximum absolute atomic E-state index is 11.9. The van der Waals surface area contributed by atoms with Crippen molar-refractivity contribution in [3.8, 4) is 0 Å². The van der Waals surface area contributed by atoms with Gasteiger partial charge in [0.15, 0.2) is 0 Å². The zero-order chi connectivity index (χ0) is 13.0. The lowest BCUT2D eigenvalue weighted by Crippen LogP contribution is -2.23. The molecule has 4 heteroatoms. The monoisotopic (exact) mass is 240 g/mol. The topological polar surface area (TPSA) is 20.2 Å². The number of hydrogen-bond donors (Lipinski definition) is 1. The van der Waals surface area contributed by atoms with E-state index in [0.717, 1.165) is 0 Å². The fourth-order valence-corrected chi connectivity index (χ4v) is 1.42. The Kier molecular flexibility index (Phi) is 5.80. The van der Waals surface area contributed by atoms with E-state index in [1.54, 1.807) is 0 Å². The van der Waals surface area contributed by atoms with E-state index in [4.69, 9.17) is 0 Å². The van der Waals surface area contributed by atoms with Gasteiger partial charge in [-0.25, -0.2) is 0 Å². The fraction of sp³-hybridized carbons (Fsp3) is 1.00. The van der Waals surface area contributed by atoms with Gasteiger partial charge >= 0.3 is 6.18 Å². The van der Waals surface area contributed by atoms with E-state index in [1.807, 2.05) is 6.92 Å². The number of aliphatic hydroxyl groups is 1. The minimum atomic E-state index is -4.10. The lowest BCUT2D eigenvalue weighted by molar-refractivity contribution is -0.136. The van der Waals surface area contributed by atoms with Crippen LogP contribution in [0.4, 0.5) is 13.2 Å². The Morgan fingerprint density at radius 3 is 2.00 bits per heavy atom. The third-order valence-corrected chi connectivity index (χ3v) is 3.10. The minimum absolute atomic E-state index is 0.0154. The molecule has 0 amide bonds. The van der Waals surface area contributed by atoms with E-state index in [-0.39, 0.29) is 18.3 Å². The van der Waals surface area contributed by atoms with E-state index in [9.17, 15) is 18.3 Å². The van der Waals surface area contributed by atoms with Crippen molar-refractivity contribution in [2.24, 2.45) is 11.3 Å². The van der Waals surface area contributed by atoms with Gasteiger partial charge in [0.2, 0.25) is 0 Å². The Morgan fingerprint density at radius 2 is 1.62 bits per heavy atom. The van der Waals surface area contributed by atoms with Crippen molar-refractivity contribution in [3.63, 3.8) is 0 Å². The molecule has 2 unspecified atom stereocenters. The molecule has 1 N–H and O–H groups in total. The highest BCUT2D eigenvalue weighted by atomic mass is 19.4. The predicted molar refractivity (Wildman–Crippen MR) is 59.1 cm³/mol. The molecule has 0 aromatic rings. The van der Waals surface area contributed by atoms with E-state index in [0.29, 0.717) is 12.3 Å². The highest BCUT2D eigenvalue weighted by molar-refractivity contribution is 4.73. The summed E-state index contributed by atoms with van der Waals surface area (Å²) in [4.78, 5) is 0. The van der Waals surface area contributed by atoms with Crippen molar-refractivity contribution < 1.29 is 18.3 Å². The first-order chi connectivity index (χ1) is 7.02. The van der Waals surface area contributed by atoms with Gasteiger partial charge in [0.25, 0.3) is 0 Å². The summed E-state index contributed by atoms with van der Waals surface area (Å²) >= 11 is 0. The number of rotatable bonds is 5. The van der Waals surface area contributed by atoms with E-state index >= 15 is 0 Å². The summed E-state index contributed by atoms with van der Waals surface area (Å²) in [5, 5.41) is 9.61. The van der Waals surface area contributed by atoms with E-state index in [1.165, 1.54) is 0 Å². The van der Waals surface area contributed by atoms with Crippen molar-refractivity contribution >= 4 is 0 Å². The molecule has 0 heterocycles. The van der Waals surface area contributed by atoms with Gasteiger partial charge < -0.3 is 5.11 Å². The summed E-state index contributed by atoms with van der Waals surface area (Å²) in [6, 6.07) is 0. The smallest absolute Gasteiger partial charge is 0.389 e. The number of aliphatic hydroxyl groups excluding tert-OH is 1. The molecular formula is C12H23F3O. The van der Waals surface area contributed by atoms with Gasteiger partial charge in [0.1, 0.15) is 0 Å². The van der Waals surface area contributed by atoms with Gasteiger partial charge in [-0.3, -0.25) is 0 Å². The summed E-state index contributed by atoms with van der Waals surface area (Å²) in [7, 11) is 0. The van der Waals surface area contributed by atoms with Gasteiger partial charge in [-0.2, -0.15) is 13.2 Å². The van der Waals surface area contributed by atoms with Crippen LogP contribution < -0.4 is 0 Å². The maximum atomic E-state index is 11.9. The van der Waals surface area contributed by atoms with Crippen molar-refractivity contribution in [1.29, 1.82) is 0 Å². The standard InChI is InChI=1S/C12H23F3O/c1-9(11(2,3)4)8-10(16)6-5-7-12(13,14)15/h9-10,16H,5-8H2,1-4H3. The molecule has 98 valence electrons. The van der Waals surface area contributed by atoms with Gasteiger partial charge in [0.05, 0.1) is 6.10 Å². The fourth-order valence-electron chi connectivity index (χ4n) is 1.42. The Hall–Kier alpha value is -0.250. The molecule has 0 saturated carbocycles. The summed E-state index contributed by atoms with van der Waals surface area (Å²) in [6.07, 6.45) is -4.69. The van der Waals surface area contributed by atoms with Crippen LogP contribution in [0.15, 0.2) is 0 Å². The van der Waals surface area contributed by atoms with Crippen LogP contribution in [-0.2, 0) is 0 Å². The normalized spacial score (nSPS) is 17.2. The van der Waals surface area contributed by atoms with Crippen molar-refractivity contribution in [2.75, 3.05) is 0 Å². The highest BCUT2D eigenvalue weighted by Gasteiger charge is 2.27. The van der Waals surface area contributed by atoms with Crippen molar-refractivity contribution in [3.05, 3.63) is 0 Å². The summed E-state index contributed by atoms with van der Waals surface area (Å²) in [6.45, 7) is 8.23. The molecule has 1 nitrogen and oxygen atoms in total. The van der Waals surface area contributed by atoms with Crippen LogP contribution in [0, 0.1) is 11.3 Å². The molecule has 2 atom stereocenters. The van der Waals surface area contributed by atoms with Crippen LogP contribution in [0.3, 0.4) is 0 Å². The molecule has 0 aromatic heterocycles. The average Bonchev–Trinajstić information content (AvgIpc) is 1.99. The molecule has 0 aromatic carbocycles. The third kappa shape index (κ3) is 7.97. The first-order valence-corrected chi connectivity index (χ1v) is 5.77. The second-order valence-electron chi connectivity index (χ2n) is 5.66. The Labute approximate surface area is 96.0 Å². The third-order valence-electron chi connectivity index (χ3n) is 3.10. The van der Waals surface area contributed by atoms with Crippen molar-refractivity contribution in [2.45, 2.75) is 65.7 Å². The van der Waals surface area contributed by atoms with Crippen LogP contribution in [0.2, 0.25) is 0 Å². The summed E-state index contributed by atoms with van der Waals surface area (Å²) in [5.41, 5.74) is 0.0883. The van der Waals surface area contributed by atoms with Gasteiger partial charge in [-0.1, -0.05) is 27.7 Å². The molecule has 16 heavy (non-hydrogen) atoms. The summed E-state index contributed by atoms with van der Waals surface area (Å²) in [5.74, 6) is 0.299. The minimum Gasteiger partial charge on any atom is -0.393 e. The van der Waals surface area contributed by atoms with Crippen LogP contribution in [0.25, 0.3) is 0 Å². The second-order valence-corrected chi connectivity index (χ2v) is 5.66. The zero-order valence-electron chi connectivity index (χ0n) is 10.6. The lowest BCUT2D eigenvalue weighted by atomic mass is 9.78. The molecule has 0 fully saturated rings. The summed E-state index contributed by atoms with van der Waals surface area (Å²) < 4.78 is 35.6.